The smallest absolute Gasteiger partial charge is 0.0297 e. The number of hydrogen-bond donors (Lipinski definition) is 1. The van der Waals surface area contributed by atoms with Crippen LogP contribution >= 0.6 is 15.9 Å². The zero-order valence-corrected chi connectivity index (χ0v) is 9.13. The normalized spacial score (nSPS) is 12.5. The van der Waals surface area contributed by atoms with Gasteiger partial charge in [-0.15, -0.1) is 6.58 Å². The summed E-state index contributed by atoms with van der Waals surface area (Å²) in [5, 5.41) is 0. The summed E-state index contributed by atoms with van der Waals surface area (Å²) in [4.78, 5) is 0. The second kappa shape index (κ2) is 5.20. The fourth-order valence-corrected chi connectivity index (χ4v) is 1.44. The molecule has 0 aliphatic heterocycles. The lowest BCUT2D eigenvalue weighted by molar-refractivity contribution is 0.661. The van der Waals surface area contributed by atoms with E-state index in [4.69, 9.17) is 5.73 Å². The zero-order chi connectivity index (χ0) is 9.68. The Kier molecular flexibility index (Phi) is 4.19. The fourth-order valence-electron chi connectivity index (χ4n) is 1.17. The van der Waals surface area contributed by atoms with E-state index in [9.17, 15) is 0 Å². The maximum Gasteiger partial charge on any atom is 0.0297 e. The molecule has 13 heavy (non-hydrogen) atoms. The van der Waals surface area contributed by atoms with E-state index < -0.39 is 0 Å². The van der Waals surface area contributed by atoms with Crippen molar-refractivity contribution in [1.29, 1.82) is 0 Å². The maximum absolute atomic E-state index is 5.97. The van der Waals surface area contributed by atoms with Crippen LogP contribution in [0.3, 0.4) is 0 Å². The lowest BCUT2D eigenvalue weighted by atomic mass is 10.0. The molecule has 0 heterocycles. The second-order valence-corrected chi connectivity index (χ2v) is 3.94. The minimum atomic E-state index is 0.131. The van der Waals surface area contributed by atoms with E-state index in [2.05, 4.69) is 34.6 Å². The van der Waals surface area contributed by atoms with Crippen molar-refractivity contribution < 1.29 is 0 Å². The summed E-state index contributed by atoms with van der Waals surface area (Å²) in [5.74, 6) is 0. The van der Waals surface area contributed by atoms with E-state index in [1.807, 2.05) is 18.2 Å². The minimum absolute atomic E-state index is 0.131. The molecule has 0 aromatic heterocycles. The van der Waals surface area contributed by atoms with Crippen LogP contribution in [0.2, 0.25) is 0 Å². The van der Waals surface area contributed by atoms with Gasteiger partial charge in [0.15, 0.2) is 0 Å². The molecule has 0 amide bonds. The number of nitrogens with two attached hydrogens (primary N) is 1. The fraction of sp³-hybridized carbons (Fsp3) is 0.273. The molecule has 0 saturated carbocycles. The van der Waals surface area contributed by atoms with Crippen molar-refractivity contribution in [3.63, 3.8) is 0 Å². The Morgan fingerprint density at radius 2 is 2.00 bits per heavy atom. The Bertz CT molecular complexity index is 266. The van der Waals surface area contributed by atoms with Crippen LogP contribution < -0.4 is 5.73 Å². The first-order valence-corrected chi connectivity index (χ1v) is 5.15. The van der Waals surface area contributed by atoms with E-state index in [-0.39, 0.29) is 6.04 Å². The van der Waals surface area contributed by atoms with Gasteiger partial charge < -0.3 is 5.73 Å². The van der Waals surface area contributed by atoms with Crippen LogP contribution in [0.1, 0.15) is 24.4 Å². The van der Waals surface area contributed by atoms with Crippen LogP contribution in [0, 0.1) is 0 Å². The average Bonchev–Trinajstić information content (AvgIpc) is 2.15. The van der Waals surface area contributed by atoms with Crippen LogP contribution in [0.25, 0.3) is 0 Å². The topological polar surface area (TPSA) is 26.0 Å². The van der Waals surface area contributed by atoms with Gasteiger partial charge in [0.1, 0.15) is 0 Å². The summed E-state index contributed by atoms with van der Waals surface area (Å²) in [6.07, 6.45) is 3.83. The molecule has 1 rings (SSSR count). The van der Waals surface area contributed by atoms with E-state index in [1.54, 1.807) is 0 Å². The molecule has 0 radical (unpaired) electrons. The number of benzene rings is 1. The van der Waals surface area contributed by atoms with Crippen molar-refractivity contribution in [1.82, 2.24) is 0 Å². The van der Waals surface area contributed by atoms with Gasteiger partial charge in [0, 0.05) is 10.5 Å². The highest BCUT2D eigenvalue weighted by Crippen LogP contribution is 2.18. The Morgan fingerprint density at radius 1 is 1.38 bits per heavy atom. The van der Waals surface area contributed by atoms with E-state index in [1.165, 1.54) is 5.56 Å². The van der Waals surface area contributed by atoms with Crippen LogP contribution in [0.4, 0.5) is 0 Å². The van der Waals surface area contributed by atoms with Gasteiger partial charge in [-0.1, -0.05) is 34.1 Å². The van der Waals surface area contributed by atoms with Gasteiger partial charge >= 0.3 is 0 Å². The molecule has 1 unspecified atom stereocenters. The maximum atomic E-state index is 5.97. The first-order chi connectivity index (χ1) is 6.24. The van der Waals surface area contributed by atoms with E-state index in [0.717, 1.165) is 17.3 Å². The van der Waals surface area contributed by atoms with Gasteiger partial charge in [-0.05, 0) is 30.5 Å². The van der Waals surface area contributed by atoms with Crippen LogP contribution in [0.5, 0.6) is 0 Å². The number of rotatable bonds is 4. The van der Waals surface area contributed by atoms with Gasteiger partial charge in [-0.25, -0.2) is 0 Å². The monoisotopic (exact) mass is 239 g/mol. The SMILES string of the molecule is C=CCCC(N)c1ccc(Br)cc1. The molecule has 1 nitrogen and oxygen atoms in total. The first-order valence-electron chi connectivity index (χ1n) is 4.36. The Hall–Kier alpha value is -0.600. The molecular weight excluding hydrogens is 226 g/mol. The van der Waals surface area contributed by atoms with E-state index >= 15 is 0 Å². The predicted molar refractivity (Wildman–Crippen MR) is 60.5 cm³/mol. The zero-order valence-electron chi connectivity index (χ0n) is 7.54. The van der Waals surface area contributed by atoms with Crippen LogP contribution in [0.15, 0.2) is 41.4 Å². The highest BCUT2D eigenvalue weighted by atomic mass is 79.9. The van der Waals surface area contributed by atoms with Gasteiger partial charge in [-0.2, -0.15) is 0 Å². The predicted octanol–water partition coefficient (Wildman–Crippen LogP) is 3.42. The molecule has 0 aliphatic rings. The van der Waals surface area contributed by atoms with Gasteiger partial charge in [0.2, 0.25) is 0 Å². The Labute approximate surface area is 87.8 Å². The third-order valence-electron chi connectivity index (χ3n) is 1.98. The third kappa shape index (κ3) is 3.33. The van der Waals surface area contributed by atoms with Gasteiger partial charge in [0.05, 0.1) is 0 Å². The highest BCUT2D eigenvalue weighted by molar-refractivity contribution is 9.10. The third-order valence-corrected chi connectivity index (χ3v) is 2.51. The van der Waals surface area contributed by atoms with Crippen molar-refractivity contribution in [3.8, 4) is 0 Å². The molecular formula is C11H14BrN. The molecule has 0 aliphatic carbocycles. The van der Waals surface area contributed by atoms with Crippen LogP contribution in [-0.2, 0) is 0 Å². The van der Waals surface area contributed by atoms with Crippen molar-refractivity contribution in [2.24, 2.45) is 5.73 Å². The molecule has 2 heteroatoms. The summed E-state index contributed by atoms with van der Waals surface area (Å²) < 4.78 is 1.09. The standard InChI is InChI=1S/C11H14BrN/c1-2-3-4-11(13)9-5-7-10(12)8-6-9/h2,5-8,11H,1,3-4,13H2. The molecule has 1 aromatic carbocycles. The molecule has 0 fully saturated rings. The molecule has 2 N–H and O–H groups in total. The number of hydrogen-bond acceptors (Lipinski definition) is 1. The molecule has 0 spiro atoms. The summed E-state index contributed by atoms with van der Waals surface area (Å²) in [5.41, 5.74) is 7.15. The molecule has 0 bridgehead atoms. The molecule has 1 aromatic rings. The highest BCUT2D eigenvalue weighted by Gasteiger charge is 2.03. The Balaban J connectivity index is 2.60. The quantitative estimate of drug-likeness (QED) is 0.802. The van der Waals surface area contributed by atoms with Crippen molar-refractivity contribution in [2.75, 3.05) is 0 Å². The first kappa shape index (κ1) is 10.5. The average molecular weight is 240 g/mol. The van der Waals surface area contributed by atoms with E-state index in [0.29, 0.717) is 0 Å². The summed E-state index contributed by atoms with van der Waals surface area (Å²) in [6, 6.07) is 8.27. The van der Waals surface area contributed by atoms with Crippen LogP contribution in [-0.4, -0.2) is 0 Å². The Morgan fingerprint density at radius 3 is 2.54 bits per heavy atom. The molecule has 70 valence electrons. The van der Waals surface area contributed by atoms with Crippen molar-refractivity contribution in [3.05, 3.63) is 47.0 Å². The van der Waals surface area contributed by atoms with Gasteiger partial charge in [0.25, 0.3) is 0 Å². The van der Waals surface area contributed by atoms with Crippen molar-refractivity contribution >= 4 is 15.9 Å². The summed E-state index contributed by atoms with van der Waals surface area (Å²) >= 11 is 3.39. The molecule has 1 atom stereocenters. The lowest BCUT2D eigenvalue weighted by Gasteiger charge is -2.10. The van der Waals surface area contributed by atoms with Crippen molar-refractivity contribution in [2.45, 2.75) is 18.9 Å². The minimum Gasteiger partial charge on any atom is -0.324 e. The van der Waals surface area contributed by atoms with Gasteiger partial charge in [-0.3, -0.25) is 0 Å². The summed E-state index contributed by atoms with van der Waals surface area (Å²) in [7, 11) is 0. The number of halogens is 1. The lowest BCUT2D eigenvalue weighted by Crippen LogP contribution is -2.09. The summed E-state index contributed by atoms with van der Waals surface area (Å²) in [6.45, 7) is 3.68. The largest absolute Gasteiger partial charge is 0.324 e. The molecule has 0 saturated heterocycles. The number of allylic oxidation sites excluding steroid dienone is 1. The second-order valence-electron chi connectivity index (χ2n) is 3.02.